The Labute approximate surface area is 119 Å². The van der Waals surface area contributed by atoms with E-state index in [2.05, 4.69) is 15.9 Å². The van der Waals surface area contributed by atoms with Gasteiger partial charge in [0.1, 0.15) is 17.3 Å². The van der Waals surface area contributed by atoms with Crippen molar-refractivity contribution in [1.82, 2.24) is 0 Å². The predicted molar refractivity (Wildman–Crippen MR) is 74.9 cm³/mol. The Morgan fingerprint density at radius 3 is 2.72 bits per heavy atom. The van der Waals surface area contributed by atoms with Gasteiger partial charge in [0.15, 0.2) is 0 Å². The Bertz CT molecular complexity index is 572. The number of hydrogen-bond acceptors (Lipinski definition) is 1. The molecule has 0 fully saturated rings. The number of halogens is 3. The molecule has 0 N–H and O–H groups in total. The number of rotatable bonds is 3. The molecule has 18 heavy (non-hydrogen) atoms. The first-order chi connectivity index (χ1) is 8.61. The summed E-state index contributed by atoms with van der Waals surface area (Å²) in [4.78, 5) is 0. The molecule has 0 unspecified atom stereocenters. The van der Waals surface area contributed by atoms with Crippen molar-refractivity contribution in [2.75, 3.05) is 0 Å². The summed E-state index contributed by atoms with van der Waals surface area (Å²) in [5.74, 6) is 0.859. The molecule has 0 saturated heterocycles. The molecular weight excluding hydrogens is 319 g/mol. The number of benzene rings is 2. The molecule has 0 atom stereocenters. The van der Waals surface area contributed by atoms with E-state index in [1.165, 1.54) is 6.07 Å². The van der Waals surface area contributed by atoms with Gasteiger partial charge in [0.2, 0.25) is 0 Å². The number of aryl methyl sites for hydroxylation is 1. The zero-order valence-corrected chi connectivity index (χ0v) is 12.1. The molecule has 0 aliphatic rings. The molecule has 2 aromatic carbocycles. The van der Waals surface area contributed by atoms with Crippen LogP contribution >= 0.6 is 27.5 Å². The summed E-state index contributed by atoms with van der Waals surface area (Å²) < 4.78 is 20.2. The lowest BCUT2D eigenvalue weighted by molar-refractivity contribution is 0.466. The minimum absolute atomic E-state index is 0.0784. The smallest absolute Gasteiger partial charge is 0.134 e. The topological polar surface area (TPSA) is 9.23 Å². The van der Waals surface area contributed by atoms with Crippen LogP contribution in [0, 0.1) is 12.7 Å². The molecule has 2 aromatic rings. The normalized spacial score (nSPS) is 10.4. The van der Waals surface area contributed by atoms with Crippen LogP contribution in [-0.2, 0) is 5.88 Å². The van der Waals surface area contributed by atoms with Crippen LogP contribution in [0.1, 0.15) is 11.1 Å². The van der Waals surface area contributed by atoms with Crippen LogP contribution in [0.15, 0.2) is 40.9 Å². The van der Waals surface area contributed by atoms with Crippen molar-refractivity contribution in [3.8, 4) is 11.5 Å². The van der Waals surface area contributed by atoms with Crippen LogP contribution in [0.4, 0.5) is 4.39 Å². The van der Waals surface area contributed by atoms with Gasteiger partial charge in [-0.1, -0.05) is 28.1 Å². The van der Waals surface area contributed by atoms with Crippen LogP contribution in [0.25, 0.3) is 0 Å². The monoisotopic (exact) mass is 328 g/mol. The van der Waals surface area contributed by atoms with Gasteiger partial charge in [-0.2, -0.15) is 0 Å². The molecule has 0 amide bonds. The summed E-state index contributed by atoms with van der Waals surface area (Å²) >= 11 is 9.12. The Morgan fingerprint density at radius 2 is 2.00 bits per heavy atom. The van der Waals surface area contributed by atoms with E-state index in [1.807, 2.05) is 25.1 Å². The Balaban J connectivity index is 2.40. The summed E-state index contributed by atoms with van der Waals surface area (Å²) in [7, 11) is 0. The third-order valence-corrected chi connectivity index (χ3v) is 3.34. The summed E-state index contributed by atoms with van der Waals surface area (Å²) in [5, 5.41) is 0. The number of ether oxygens (including phenoxy) is 1. The van der Waals surface area contributed by atoms with Crippen molar-refractivity contribution in [3.05, 3.63) is 57.8 Å². The minimum Gasteiger partial charge on any atom is -0.457 e. The van der Waals surface area contributed by atoms with E-state index in [-0.39, 0.29) is 11.7 Å². The first-order valence-electron chi connectivity index (χ1n) is 5.39. The average molecular weight is 330 g/mol. The van der Waals surface area contributed by atoms with Gasteiger partial charge in [-0.3, -0.25) is 0 Å². The van der Waals surface area contributed by atoms with Crippen LogP contribution in [0.2, 0.25) is 0 Å². The maximum Gasteiger partial charge on any atom is 0.134 e. The first-order valence-corrected chi connectivity index (χ1v) is 6.72. The lowest BCUT2D eigenvalue weighted by atomic mass is 10.2. The van der Waals surface area contributed by atoms with Crippen molar-refractivity contribution >= 4 is 27.5 Å². The van der Waals surface area contributed by atoms with Crippen LogP contribution in [0.3, 0.4) is 0 Å². The fraction of sp³-hybridized carbons (Fsp3) is 0.143. The second-order valence-electron chi connectivity index (χ2n) is 3.86. The van der Waals surface area contributed by atoms with Gasteiger partial charge in [-0.05, 0) is 36.8 Å². The zero-order valence-electron chi connectivity index (χ0n) is 9.71. The lowest BCUT2D eigenvalue weighted by Gasteiger charge is -2.12. The van der Waals surface area contributed by atoms with Crippen molar-refractivity contribution in [1.29, 1.82) is 0 Å². The molecule has 0 bridgehead atoms. The van der Waals surface area contributed by atoms with Gasteiger partial charge in [-0.15, -0.1) is 11.6 Å². The average Bonchev–Trinajstić information content (AvgIpc) is 2.34. The van der Waals surface area contributed by atoms with E-state index < -0.39 is 0 Å². The Morgan fingerprint density at radius 1 is 1.22 bits per heavy atom. The highest BCUT2D eigenvalue weighted by Crippen LogP contribution is 2.31. The highest BCUT2D eigenvalue weighted by atomic mass is 79.9. The van der Waals surface area contributed by atoms with Gasteiger partial charge in [-0.25, -0.2) is 4.39 Å². The third-order valence-electron chi connectivity index (χ3n) is 2.58. The highest BCUT2D eigenvalue weighted by Gasteiger charge is 2.10. The summed E-state index contributed by atoms with van der Waals surface area (Å²) in [5.41, 5.74) is 1.35. The van der Waals surface area contributed by atoms with Gasteiger partial charge in [0.05, 0.1) is 5.88 Å². The van der Waals surface area contributed by atoms with Gasteiger partial charge >= 0.3 is 0 Å². The van der Waals surface area contributed by atoms with E-state index in [0.29, 0.717) is 17.1 Å². The SMILES string of the molecule is Cc1ccc(Br)cc1Oc1cccc(F)c1CCl. The molecule has 1 nitrogen and oxygen atoms in total. The molecule has 2 rings (SSSR count). The molecule has 0 heterocycles. The quantitative estimate of drug-likeness (QED) is 0.682. The molecule has 4 heteroatoms. The maximum atomic E-state index is 13.6. The second kappa shape index (κ2) is 5.72. The molecule has 0 aliphatic heterocycles. The number of alkyl halides is 1. The van der Waals surface area contributed by atoms with Gasteiger partial charge in [0.25, 0.3) is 0 Å². The Hall–Kier alpha value is -1.06. The van der Waals surface area contributed by atoms with E-state index in [0.717, 1.165) is 10.0 Å². The van der Waals surface area contributed by atoms with Gasteiger partial charge in [0, 0.05) is 10.0 Å². The molecule has 0 aromatic heterocycles. The number of hydrogen-bond donors (Lipinski definition) is 0. The largest absolute Gasteiger partial charge is 0.457 e. The van der Waals surface area contributed by atoms with Crippen molar-refractivity contribution < 1.29 is 9.13 Å². The molecular formula is C14H11BrClFO. The summed E-state index contributed by atoms with van der Waals surface area (Å²) in [6.07, 6.45) is 0. The van der Waals surface area contributed by atoms with Crippen molar-refractivity contribution in [2.45, 2.75) is 12.8 Å². The zero-order chi connectivity index (χ0) is 13.1. The van der Waals surface area contributed by atoms with Crippen LogP contribution in [0.5, 0.6) is 11.5 Å². The molecule has 94 valence electrons. The molecule has 0 radical (unpaired) electrons. The fourth-order valence-electron chi connectivity index (χ4n) is 1.57. The minimum atomic E-state index is -0.352. The predicted octanol–water partition coefficient (Wildman–Crippen LogP) is 5.43. The van der Waals surface area contributed by atoms with Crippen molar-refractivity contribution in [2.24, 2.45) is 0 Å². The Kier molecular flexibility index (Phi) is 4.25. The maximum absolute atomic E-state index is 13.6. The lowest BCUT2D eigenvalue weighted by Crippen LogP contribution is -1.94. The third kappa shape index (κ3) is 2.85. The summed E-state index contributed by atoms with van der Waals surface area (Å²) in [6.45, 7) is 1.93. The van der Waals surface area contributed by atoms with E-state index in [1.54, 1.807) is 12.1 Å². The second-order valence-corrected chi connectivity index (χ2v) is 5.04. The van der Waals surface area contributed by atoms with E-state index in [9.17, 15) is 4.39 Å². The van der Waals surface area contributed by atoms with Crippen LogP contribution < -0.4 is 4.74 Å². The summed E-state index contributed by atoms with van der Waals surface area (Å²) in [6, 6.07) is 10.4. The van der Waals surface area contributed by atoms with Gasteiger partial charge < -0.3 is 4.74 Å². The fourth-order valence-corrected chi connectivity index (χ4v) is 2.17. The highest BCUT2D eigenvalue weighted by molar-refractivity contribution is 9.10. The molecule has 0 saturated carbocycles. The van der Waals surface area contributed by atoms with E-state index >= 15 is 0 Å². The first kappa shape index (κ1) is 13.4. The molecule has 0 spiro atoms. The van der Waals surface area contributed by atoms with Crippen molar-refractivity contribution in [3.63, 3.8) is 0 Å². The van der Waals surface area contributed by atoms with Crippen LogP contribution in [-0.4, -0.2) is 0 Å². The van der Waals surface area contributed by atoms with E-state index in [4.69, 9.17) is 16.3 Å². The standard InChI is InChI=1S/C14H11BrClFO/c1-9-5-6-10(15)7-14(9)18-13-4-2-3-12(17)11(13)8-16/h2-7H,8H2,1H3. The molecule has 0 aliphatic carbocycles.